The number of fused-ring (bicyclic) bond motifs is 3. The van der Waals surface area contributed by atoms with Gasteiger partial charge in [0.1, 0.15) is 22.8 Å². The summed E-state index contributed by atoms with van der Waals surface area (Å²) >= 11 is 1.66. The number of benzene rings is 1. The number of nitrogens with one attached hydrogen (secondary N) is 3. The molecular weight excluding hydrogens is 424 g/mol. The van der Waals surface area contributed by atoms with E-state index in [4.69, 9.17) is 0 Å². The monoisotopic (exact) mass is 443 g/mol. The second-order valence-corrected chi connectivity index (χ2v) is 7.28. The lowest BCUT2D eigenvalue weighted by Crippen LogP contribution is -2.23. The van der Waals surface area contributed by atoms with Crippen LogP contribution >= 0.6 is 36.2 Å². The summed E-state index contributed by atoms with van der Waals surface area (Å²) in [6, 6.07) is 4.33. The van der Waals surface area contributed by atoms with Crippen molar-refractivity contribution in [1.82, 2.24) is 15.3 Å². The summed E-state index contributed by atoms with van der Waals surface area (Å²) in [5.41, 5.74) is 2.54. The second-order valence-electron chi connectivity index (χ2n) is 6.19. The summed E-state index contributed by atoms with van der Waals surface area (Å²) in [5.74, 6) is 0.0339. The molecule has 4 rings (SSSR count). The molecule has 0 saturated heterocycles. The Hall–Kier alpha value is -2.00. The maximum absolute atomic E-state index is 13.4. The lowest BCUT2D eigenvalue weighted by molar-refractivity contribution is -0.114. The molecule has 1 aliphatic heterocycles. The highest BCUT2D eigenvalue weighted by molar-refractivity contribution is 7.19. The van der Waals surface area contributed by atoms with Gasteiger partial charge in [0.15, 0.2) is 0 Å². The molecule has 0 unspecified atom stereocenters. The van der Waals surface area contributed by atoms with E-state index in [0.717, 1.165) is 35.3 Å². The molecule has 3 aromatic rings. The van der Waals surface area contributed by atoms with Crippen LogP contribution in [0, 0.1) is 12.7 Å². The summed E-state index contributed by atoms with van der Waals surface area (Å²) in [7, 11) is 0. The molecule has 1 aliphatic rings. The number of hydrogen-bond acceptors (Lipinski definition) is 6. The predicted molar refractivity (Wildman–Crippen MR) is 116 cm³/mol. The van der Waals surface area contributed by atoms with Gasteiger partial charge in [0.05, 0.1) is 11.9 Å². The Morgan fingerprint density at radius 2 is 2.14 bits per heavy atom. The largest absolute Gasteiger partial charge is 0.360 e. The Kier molecular flexibility index (Phi) is 7.54. The van der Waals surface area contributed by atoms with Crippen LogP contribution in [-0.2, 0) is 17.8 Å². The number of rotatable bonds is 4. The fourth-order valence-corrected chi connectivity index (χ4v) is 4.24. The SMILES string of the molecule is Cc1ccc(F)cc1NC(=O)CNc1ncnc2sc3c(c12)CCNC3.Cl.Cl. The fourth-order valence-electron chi connectivity index (χ4n) is 3.08. The summed E-state index contributed by atoms with van der Waals surface area (Å²) in [6.07, 6.45) is 2.43. The molecule has 0 spiro atoms. The summed E-state index contributed by atoms with van der Waals surface area (Å²) in [6.45, 7) is 3.63. The van der Waals surface area contributed by atoms with Crippen LogP contribution in [0.5, 0.6) is 0 Å². The minimum absolute atomic E-state index is 0. The summed E-state index contributed by atoms with van der Waals surface area (Å²) in [5, 5.41) is 10.2. The quantitative estimate of drug-likeness (QED) is 0.572. The van der Waals surface area contributed by atoms with E-state index in [0.29, 0.717) is 11.5 Å². The predicted octanol–water partition coefficient (Wildman–Crippen LogP) is 3.68. The molecule has 2 aromatic heterocycles. The Bertz CT molecular complexity index is 998. The number of aromatic nitrogens is 2. The molecule has 0 atom stereocenters. The number of anilines is 2. The van der Waals surface area contributed by atoms with Gasteiger partial charge in [0.2, 0.25) is 5.91 Å². The maximum Gasteiger partial charge on any atom is 0.243 e. The molecule has 0 saturated carbocycles. The van der Waals surface area contributed by atoms with Crippen LogP contribution < -0.4 is 16.0 Å². The van der Waals surface area contributed by atoms with E-state index in [2.05, 4.69) is 25.9 Å². The normalized spacial score (nSPS) is 12.5. The summed E-state index contributed by atoms with van der Waals surface area (Å²) in [4.78, 5) is 23.1. The smallest absolute Gasteiger partial charge is 0.243 e. The first-order valence-corrected chi connectivity index (χ1v) is 9.19. The van der Waals surface area contributed by atoms with Crippen molar-refractivity contribution in [1.29, 1.82) is 0 Å². The van der Waals surface area contributed by atoms with Crippen LogP contribution in [0.3, 0.4) is 0 Å². The maximum atomic E-state index is 13.4. The number of hydrogen-bond donors (Lipinski definition) is 3. The number of halogens is 3. The molecule has 1 amide bonds. The zero-order valence-corrected chi connectivity index (χ0v) is 17.5. The third-order valence-electron chi connectivity index (χ3n) is 4.40. The van der Waals surface area contributed by atoms with Gasteiger partial charge in [-0.15, -0.1) is 36.2 Å². The number of carbonyl (C=O) groups excluding carboxylic acids is 1. The van der Waals surface area contributed by atoms with Crippen LogP contribution in [0.15, 0.2) is 24.5 Å². The van der Waals surface area contributed by atoms with Gasteiger partial charge in [-0.1, -0.05) is 6.07 Å². The number of aryl methyl sites for hydroxylation is 1. The van der Waals surface area contributed by atoms with E-state index in [1.807, 2.05) is 6.92 Å². The lowest BCUT2D eigenvalue weighted by Gasteiger charge is -2.14. The molecule has 150 valence electrons. The molecule has 28 heavy (non-hydrogen) atoms. The van der Waals surface area contributed by atoms with Gasteiger partial charge in [0.25, 0.3) is 0 Å². The van der Waals surface area contributed by atoms with Crippen molar-refractivity contribution in [3.63, 3.8) is 0 Å². The second kappa shape index (κ2) is 9.47. The number of thiophene rings is 1. The number of nitrogens with zero attached hydrogens (tertiary/aromatic N) is 2. The van der Waals surface area contributed by atoms with E-state index in [1.165, 1.54) is 28.9 Å². The third-order valence-corrected chi connectivity index (χ3v) is 5.54. The lowest BCUT2D eigenvalue weighted by atomic mass is 10.1. The van der Waals surface area contributed by atoms with E-state index in [9.17, 15) is 9.18 Å². The van der Waals surface area contributed by atoms with Crippen molar-refractivity contribution in [2.75, 3.05) is 23.7 Å². The van der Waals surface area contributed by atoms with Crippen molar-refractivity contribution >= 4 is 63.8 Å². The minimum Gasteiger partial charge on any atom is -0.360 e. The van der Waals surface area contributed by atoms with Crippen LogP contribution in [0.25, 0.3) is 10.2 Å². The average molecular weight is 444 g/mol. The molecule has 1 aromatic carbocycles. The average Bonchev–Trinajstić information content (AvgIpc) is 3.02. The highest BCUT2D eigenvalue weighted by Crippen LogP contribution is 2.35. The minimum atomic E-state index is -0.380. The first-order valence-electron chi connectivity index (χ1n) is 8.37. The van der Waals surface area contributed by atoms with Crippen LogP contribution in [0.2, 0.25) is 0 Å². The van der Waals surface area contributed by atoms with Gasteiger partial charge in [-0.2, -0.15) is 0 Å². The van der Waals surface area contributed by atoms with Crippen molar-refractivity contribution < 1.29 is 9.18 Å². The highest BCUT2D eigenvalue weighted by atomic mass is 35.5. The molecule has 0 bridgehead atoms. The first-order chi connectivity index (χ1) is 12.6. The Morgan fingerprint density at radius 1 is 1.32 bits per heavy atom. The fraction of sp³-hybridized carbons (Fsp3) is 0.278. The van der Waals surface area contributed by atoms with E-state index >= 15 is 0 Å². The highest BCUT2D eigenvalue weighted by Gasteiger charge is 2.19. The van der Waals surface area contributed by atoms with Crippen molar-refractivity contribution in [3.8, 4) is 0 Å². The zero-order chi connectivity index (χ0) is 18.1. The van der Waals surface area contributed by atoms with Gasteiger partial charge in [0, 0.05) is 17.1 Å². The topological polar surface area (TPSA) is 78.9 Å². The Labute approximate surface area is 178 Å². The number of amides is 1. The summed E-state index contributed by atoms with van der Waals surface area (Å²) < 4.78 is 13.4. The van der Waals surface area contributed by atoms with Crippen molar-refractivity contribution in [3.05, 3.63) is 46.3 Å². The molecule has 3 N–H and O–H groups in total. The van der Waals surface area contributed by atoms with E-state index in [-0.39, 0.29) is 43.1 Å². The molecular formula is C18H20Cl2FN5OS. The van der Waals surface area contributed by atoms with Crippen molar-refractivity contribution in [2.24, 2.45) is 0 Å². The molecule has 0 fully saturated rings. The van der Waals surface area contributed by atoms with Crippen molar-refractivity contribution in [2.45, 2.75) is 19.9 Å². The van der Waals surface area contributed by atoms with Gasteiger partial charge >= 0.3 is 0 Å². The first kappa shape index (κ1) is 22.3. The molecule has 3 heterocycles. The van der Waals surface area contributed by atoms with E-state index < -0.39 is 0 Å². The molecule has 10 heteroatoms. The molecule has 0 aliphatic carbocycles. The Morgan fingerprint density at radius 3 is 2.96 bits per heavy atom. The Balaban J connectivity index is 0.00000140. The van der Waals surface area contributed by atoms with E-state index in [1.54, 1.807) is 17.4 Å². The van der Waals surface area contributed by atoms with Gasteiger partial charge in [-0.3, -0.25) is 4.79 Å². The molecule has 6 nitrogen and oxygen atoms in total. The van der Waals surface area contributed by atoms with Crippen LogP contribution in [0.4, 0.5) is 15.9 Å². The zero-order valence-electron chi connectivity index (χ0n) is 15.0. The van der Waals surface area contributed by atoms with Crippen LogP contribution in [0.1, 0.15) is 16.0 Å². The van der Waals surface area contributed by atoms with Gasteiger partial charge in [-0.25, -0.2) is 14.4 Å². The standard InChI is InChI=1S/C18H18FN5OS.2ClH/c1-10-2-3-11(19)6-13(10)24-15(25)8-21-17-16-12-4-5-20-7-14(12)26-18(16)23-9-22-17;;/h2-3,6,9,20H,4-5,7-8H2,1H3,(H,24,25)(H,21,22,23);2*1H. The van der Waals surface area contributed by atoms with Gasteiger partial charge in [-0.05, 0) is 43.1 Å². The van der Waals surface area contributed by atoms with Crippen LogP contribution in [-0.4, -0.2) is 29.0 Å². The number of carbonyl (C=O) groups is 1. The molecule has 0 radical (unpaired) electrons. The van der Waals surface area contributed by atoms with Gasteiger partial charge < -0.3 is 16.0 Å². The third kappa shape index (κ3) is 4.52.